The highest BCUT2D eigenvalue weighted by molar-refractivity contribution is 5.85. The Balaban J connectivity index is 0.00000133. The second-order valence-electron chi connectivity index (χ2n) is 5.95. The number of likely N-dealkylation sites (tertiary alicyclic amines) is 1. The largest absolute Gasteiger partial charge is 0.293 e. The molecule has 2 fully saturated rings. The van der Waals surface area contributed by atoms with E-state index in [9.17, 15) is 0 Å². The average molecular weight is 280 g/mol. The number of halogens is 1. The molecule has 106 valence electrons. The maximum absolute atomic E-state index is 2.83. The highest BCUT2D eigenvalue weighted by Gasteiger charge is 2.30. The van der Waals surface area contributed by atoms with Gasteiger partial charge in [-0.2, -0.15) is 0 Å². The first-order valence-electron chi connectivity index (χ1n) is 7.76. The van der Waals surface area contributed by atoms with E-state index in [2.05, 4.69) is 35.2 Å². The van der Waals surface area contributed by atoms with Gasteiger partial charge in [-0.25, -0.2) is 0 Å². The predicted molar refractivity (Wildman–Crippen MR) is 83.9 cm³/mol. The van der Waals surface area contributed by atoms with Crippen LogP contribution >= 0.6 is 12.4 Å². The molecule has 0 N–H and O–H groups in total. The van der Waals surface area contributed by atoms with E-state index < -0.39 is 0 Å². The molecule has 0 spiro atoms. The van der Waals surface area contributed by atoms with Crippen LogP contribution in [-0.2, 0) is 0 Å². The fourth-order valence-corrected chi connectivity index (χ4v) is 3.84. The number of hydrogen-bond donors (Lipinski definition) is 0. The molecule has 1 atom stereocenters. The van der Waals surface area contributed by atoms with Crippen molar-refractivity contribution in [2.24, 2.45) is 0 Å². The highest BCUT2D eigenvalue weighted by atomic mass is 35.5. The molecule has 1 aliphatic carbocycles. The summed E-state index contributed by atoms with van der Waals surface area (Å²) >= 11 is 0. The Morgan fingerprint density at radius 3 is 2.21 bits per heavy atom. The molecule has 1 saturated heterocycles. The summed E-state index contributed by atoms with van der Waals surface area (Å²) in [6.45, 7) is 1.32. The van der Waals surface area contributed by atoms with E-state index in [1.165, 1.54) is 57.9 Å². The van der Waals surface area contributed by atoms with Crippen LogP contribution in [0.5, 0.6) is 0 Å². The topological polar surface area (TPSA) is 3.24 Å². The van der Waals surface area contributed by atoms with E-state index in [-0.39, 0.29) is 12.4 Å². The van der Waals surface area contributed by atoms with E-state index in [0.717, 1.165) is 6.04 Å². The number of hydrogen-bond acceptors (Lipinski definition) is 1. The van der Waals surface area contributed by atoms with Crippen LogP contribution in [-0.4, -0.2) is 17.5 Å². The second-order valence-corrected chi connectivity index (χ2v) is 5.95. The van der Waals surface area contributed by atoms with Crippen LogP contribution in [0.1, 0.15) is 63.0 Å². The lowest BCUT2D eigenvalue weighted by molar-refractivity contribution is 0.0722. The van der Waals surface area contributed by atoms with Crippen LogP contribution in [0.2, 0.25) is 0 Å². The lowest BCUT2D eigenvalue weighted by Gasteiger charge is -2.43. The first-order chi connectivity index (χ1) is 8.95. The Bertz CT molecular complexity index is 359. The first kappa shape index (κ1) is 14.9. The quantitative estimate of drug-likeness (QED) is 0.739. The number of benzene rings is 1. The van der Waals surface area contributed by atoms with Crippen LogP contribution in [0.25, 0.3) is 0 Å². The summed E-state index contributed by atoms with van der Waals surface area (Å²) in [6, 6.07) is 12.7. The molecule has 1 heterocycles. The molecular weight excluding hydrogens is 254 g/mol. The summed E-state index contributed by atoms with van der Waals surface area (Å²) in [5.41, 5.74) is 1.54. The summed E-state index contributed by atoms with van der Waals surface area (Å²) in [5, 5.41) is 0. The van der Waals surface area contributed by atoms with Gasteiger partial charge in [-0.3, -0.25) is 4.90 Å². The van der Waals surface area contributed by atoms with E-state index in [1.807, 2.05) is 0 Å². The summed E-state index contributed by atoms with van der Waals surface area (Å²) < 4.78 is 0. The van der Waals surface area contributed by atoms with Crippen molar-refractivity contribution in [2.75, 3.05) is 6.54 Å². The summed E-state index contributed by atoms with van der Waals surface area (Å²) in [7, 11) is 0. The fourth-order valence-electron chi connectivity index (χ4n) is 3.84. The van der Waals surface area contributed by atoms with Crippen LogP contribution < -0.4 is 0 Å². The lowest BCUT2D eigenvalue weighted by Crippen LogP contribution is -2.42. The van der Waals surface area contributed by atoms with Crippen molar-refractivity contribution in [2.45, 2.75) is 63.5 Å². The molecule has 1 aromatic rings. The summed E-state index contributed by atoms with van der Waals surface area (Å²) in [5.74, 6) is 0. The molecule has 0 bridgehead atoms. The minimum atomic E-state index is 0. The Morgan fingerprint density at radius 1 is 0.789 bits per heavy atom. The third-order valence-corrected chi connectivity index (χ3v) is 4.77. The molecule has 1 saturated carbocycles. The average Bonchev–Trinajstić information content (AvgIpc) is 2.49. The minimum absolute atomic E-state index is 0. The molecular formula is C17H26ClN. The zero-order valence-corrected chi connectivity index (χ0v) is 12.6. The number of piperidine rings is 1. The molecule has 0 aromatic heterocycles. The van der Waals surface area contributed by atoms with Gasteiger partial charge in [0.1, 0.15) is 0 Å². The Hall–Kier alpha value is -0.530. The van der Waals surface area contributed by atoms with E-state index in [1.54, 1.807) is 5.56 Å². The normalized spacial score (nSPS) is 25.8. The maximum atomic E-state index is 2.83. The predicted octanol–water partition coefficient (Wildman–Crippen LogP) is 4.97. The molecule has 1 unspecified atom stereocenters. The van der Waals surface area contributed by atoms with Crippen LogP contribution in [0.15, 0.2) is 30.3 Å². The van der Waals surface area contributed by atoms with E-state index in [0.29, 0.717) is 6.04 Å². The molecule has 19 heavy (non-hydrogen) atoms. The highest BCUT2D eigenvalue weighted by Crippen LogP contribution is 2.36. The van der Waals surface area contributed by atoms with Gasteiger partial charge in [-0.1, -0.05) is 56.0 Å². The van der Waals surface area contributed by atoms with Gasteiger partial charge in [0, 0.05) is 12.1 Å². The first-order valence-corrected chi connectivity index (χ1v) is 7.76. The maximum Gasteiger partial charge on any atom is 0.0351 e. The Kier molecular flexibility index (Phi) is 5.72. The van der Waals surface area contributed by atoms with Crippen molar-refractivity contribution in [3.63, 3.8) is 0 Å². The van der Waals surface area contributed by atoms with Crippen molar-refractivity contribution in [3.05, 3.63) is 35.9 Å². The zero-order valence-electron chi connectivity index (χ0n) is 11.8. The van der Waals surface area contributed by atoms with Crippen LogP contribution in [0.3, 0.4) is 0 Å². The van der Waals surface area contributed by atoms with Crippen molar-refractivity contribution >= 4 is 12.4 Å². The third kappa shape index (κ3) is 3.52. The minimum Gasteiger partial charge on any atom is -0.293 e. The molecule has 3 rings (SSSR count). The third-order valence-electron chi connectivity index (χ3n) is 4.77. The van der Waals surface area contributed by atoms with Gasteiger partial charge < -0.3 is 0 Å². The molecule has 2 heteroatoms. The zero-order chi connectivity index (χ0) is 12.2. The molecule has 1 aliphatic heterocycles. The van der Waals surface area contributed by atoms with Crippen molar-refractivity contribution in [1.82, 2.24) is 4.90 Å². The molecule has 0 amide bonds. The van der Waals surface area contributed by atoms with Gasteiger partial charge in [0.05, 0.1) is 0 Å². The molecule has 1 aromatic carbocycles. The number of nitrogens with zero attached hydrogens (tertiary/aromatic N) is 1. The van der Waals surface area contributed by atoms with Crippen molar-refractivity contribution in [1.29, 1.82) is 0 Å². The van der Waals surface area contributed by atoms with E-state index in [4.69, 9.17) is 0 Å². The smallest absolute Gasteiger partial charge is 0.0351 e. The van der Waals surface area contributed by atoms with Gasteiger partial charge in [-0.05, 0) is 37.8 Å². The molecule has 0 radical (unpaired) electrons. The fraction of sp³-hybridized carbons (Fsp3) is 0.647. The molecule has 1 nitrogen and oxygen atoms in total. The summed E-state index contributed by atoms with van der Waals surface area (Å²) in [6.07, 6.45) is 11.4. The molecule has 2 aliphatic rings. The lowest BCUT2D eigenvalue weighted by atomic mass is 9.88. The van der Waals surface area contributed by atoms with Gasteiger partial charge >= 0.3 is 0 Å². The van der Waals surface area contributed by atoms with Gasteiger partial charge in [-0.15, -0.1) is 12.4 Å². The second kappa shape index (κ2) is 7.31. The van der Waals surface area contributed by atoms with Gasteiger partial charge in [0.2, 0.25) is 0 Å². The van der Waals surface area contributed by atoms with Crippen LogP contribution in [0, 0.1) is 0 Å². The van der Waals surface area contributed by atoms with Gasteiger partial charge in [0.15, 0.2) is 0 Å². The van der Waals surface area contributed by atoms with Crippen molar-refractivity contribution in [3.8, 4) is 0 Å². The van der Waals surface area contributed by atoms with E-state index >= 15 is 0 Å². The SMILES string of the molecule is Cl.c1ccc(C2CCCCN2C2CCCCC2)cc1. The Morgan fingerprint density at radius 2 is 1.47 bits per heavy atom. The Labute approximate surface area is 123 Å². The van der Waals surface area contributed by atoms with Gasteiger partial charge in [0.25, 0.3) is 0 Å². The summed E-state index contributed by atoms with van der Waals surface area (Å²) in [4.78, 5) is 2.83. The number of rotatable bonds is 2. The standard InChI is InChI=1S/C17H25N.ClH/c1-3-9-15(10-4-1)17-13-7-8-14-18(17)16-11-5-2-6-12-16;/h1,3-4,9-10,16-17H,2,5-8,11-14H2;1H. The van der Waals surface area contributed by atoms with Crippen molar-refractivity contribution < 1.29 is 0 Å². The van der Waals surface area contributed by atoms with Crippen LogP contribution in [0.4, 0.5) is 0 Å². The monoisotopic (exact) mass is 279 g/mol.